The van der Waals surface area contributed by atoms with Crippen LogP contribution in [-0.4, -0.2) is 30.6 Å². The number of anilines is 1. The molecule has 120 valence electrons. The highest BCUT2D eigenvalue weighted by Gasteiger charge is 2.22. The van der Waals surface area contributed by atoms with E-state index >= 15 is 0 Å². The number of carbonyl (C=O) groups excluding carboxylic acids is 1. The van der Waals surface area contributed by atoms with E-state index in [4.69, 9.17) is 10.5 Å². The minimum absolute atomic E-state index is 0. The van der Waals surface area contributed by atoms with Crippen molar-refractivity contribution in [2.75, 3.05) is 19.0 Å². The van der Waals surface area contributed by atoms with Gasteiger partial charge in [-0.1, -0.05) is 13.3 Å². The van der Waals surface area contributed by atoms with Crippen LogP contribution >= 0.6 is 23.7 Å². The minimum Gasteiger partial charge on any atom is -0.380 e. The van der Waals surface area contributed by atoms with Crippen molar-refractivity contribution in [1.82, 2.24) is 4.98 Å². The Labute approximate surface area is 136 Å². The molecule has 2 rings (SSSR count). The molecule has 0 radical (unpaired) electrons. The van der Waals surface area contributed by atoms with Crippen molar-refractivity contribution in [3.05, 3.63) is 10.6 Å². The summed E-state index contributed by atoms with van der Waals surface area (Å²) >= 11 is 1.61. The number of rotatable bonds is 6. The Balaban J connectivity index is 0.00000220. The lowest BCUT2D eigenvalue weighted by Gasteiger charge is -2.18. The molecule has 1 heterocycles. The molecule has 0 bridgehead atoms. The third-order valence-corrected chi connectivity index (χ3v) is 4.91. The monoisotopic (exact) mass is 333 g/mol. The number of aryl methyl sites for hydroxylation is 1. The maximum absolute atomic E-state index is 11.9. The van der Waals surface area contributed by atoms with Crippen LogP contribution in [0.1, 0.15) is 36.8 Å². The first kappa shape index (κ1) is 18.4. The molecule has 1 amide bonds. The van der Waals surface area contributed by atoms with Crippen LogP contribution in [0.3, 0.4) is 0 Å². The summed E-state index contributed by atoms with van der Waals surface area (Å²) < 4.78 is 5.11. The number of thiazole rings is 1. The summed E-state index contributed by atoms with van der Waals surface area (Å²) in [6, 6.07) is 0. The van der Waals surface area contributed by atoms with Gasteiger partial charge in [-0.15, -0.1) is 23.7 Å². The molecule has 0 aliphatic heterocycles. The summed E-state index contributed by atoms with van der Waals surface area (Å²) in [4.78, 5) is 17.8. The zero-order chi connectivity index (χ0) is 14.5. The van der Waals surface area contributed by atoms with E-state index in [0.29, 0.717) is 11.7 Å². The van der Waals surface area contributed by atoms with Gasteiger partial charge in [-0.3, -0.25) is 4.79 Å². The van der Waals surface area contributed by atoms with E-state index < -0.39 is 0 Å². The first-order valence-corrected chi connectivity index (χ1v) is 7.99. The maximum Gasteiger partial charge on any atom is 0.228 e. The summed E-state index contributed by atoms with van der Waals surface area (Å²) in [5.74, 6) is 0.682. The second kappa shape index (κ2) is 8.68. The number of halogens is 1. The number of amides is 1. The van der Waals surface area contributed by atoms with E-state index in [0.717, 1.165) is 24.5 Å². The number of aromatic nitrogens is 1. The lowest BCUT2D eigenvalue weighted by molar-refractivity contribution is -0.118. The number of hydrogen-bond donors (Lipinski definition) is 2. The number of ether oxygens (including phenoxy) is 1. The van der Waals surface area contributed by atoms with E-state index in [9.17, 15) is 4.79 Å². The van der Waals surface area contributed by atoms with Crippen molar-refractivity contribution in [1.29, 1.82) is 0 Å². The number of nitrogens with one attached hydrogen (secondary N) is 1. The fourth-order valence-electron chi connectivity index (χ4n) is 2.49. The van der Waals surface area contributed by atoms with Crippen molar-refractivity contribution in [2.24, 2.45) is 11.7 Å². The van der Waals surface area contributed by atoms with E-state index in [1.807, 2.05) is 0 Å². The molecule has 1 aliphatic rings. The maximum atomic E-state index is 11.9. The Morgan fingerprint density at radius 3 is 3.00 bits per heavy atom. The van der Waals surface area contributed by atoms with Gasteiger partial charge in [0.05, 0.1) is 18.2 Å². The average molecular weight is 334 g/mol. The van der Waals surface area contributed by atoms with E-state index in [1.54, 1.807) is 18.4 Å². The van der Waals surface area contributed by atoms with Crippen LogP contribution in [0.4, 0.5) is 5.13 Å². The Hall–Kier alpha value is -0.690. The number of nitrogens with zero attached hydrogens (tertiary/aromatic N) is 1. The normalized spacial score (nSPS) is 18.5. The van der Waals surface area contributed by atoms with Gasteiger partial charge in [0.1, 0.15) is 0 Å². The largest absolute Gasteiger partial charge is 0.380 e. The van der Waals surface area contributed by atoms with Gasteiger partial charge in [0.25, 0.3) is 0 Å². The highest BCUT2D eigenvalue weighted by atomic mass is 35.5. The van der Waals surface area contributed by atoms with E-state index in [-0.39, 0.29) is 30.8 Å². The molecule has 1 aromatic heterocycles. The highest BCUT2D eigenvalue weighted by molar-refractivity contribution is 7.15. The van der Waals surface area contributed by atoms with Crippen LogP contribution < -0.4 is 11.1 Å². The van der Waals surface area contributed by atoms with Gasteiger partial charge in [0.15, 0.2) is 5.13 Å². The number of fused-ring (bicyclic) bond motifs is 1. The number of methoxy groups -OCH3 is 1. The number of hydrogen-bond acceptors (Lipinski definition) is 5. The molecule has 5 nitrogen and oxygen atoms in total. The molecule has 0 aromatic carbocycles. The molecule has 0 spiro atoms. The fraction of sp³-hybridized carbons (Fsp3) is 0.714. The molecular weight excluding hydrogens is 310 g/mol. The zero-order valence-corrected chi connectivity index (χ0v) is 14.2. The summed E-state index contributed by atoms with van der Waals surface area (Å²) in [6.07, 6.45) is 4.60. The predicted octanol–water partition coefficient (Wildman–Crippen LogP) is 2.38. The second-order valence-corrected chi connectivity index (χ2v) is 6.34. The van der Waals surface area contributed by atoms with Gasteiger partial charge >= 0.3 is 0 Å². The third-order valence-electron chi connectivity index (χ3n) is 3.87. The first-order valence-electron chi connectivity index (χ1n) is 7.17. The van der Waals surface area contributed by atoms with Crippen LogP contribution in [0.15, 0.2) is 0 Å². The lowest BCUT2D eigenvalue weighted by Crippen LogP contribution is -2.28. The lowest BCUT2D eigenvalue weighted by atomic mass is 9.89. The molecule has 0 saturated heterocycles. The molecule has 2 atom stereocenters. The molecule has 3 N–H and O–H groups in total. The highest BCUT2D eigenvalue weighted by Crippen LogP contribution is 2.33. The smallest absolute Gasteiger partial charge is 0.228 e. The molecule has 1 aromatic rings. The number of carbonyl (C=O) groups is 1. The van der Waals surface area contributed by atoms with Crippen LogP contribution in [0, 0.1) is 5.92 Å². The van der Waals surface area contributed by atoms with Gasteiger partial charge in [-0.2, -0.15) is 0 Å². The molecule has 1 aliphatic carbocycles. The second-order valence-electron chi connectivity index (χ2n) is 5.25. The molecule has 7 heteroatoms. The quantitative estimate of drug-likeness (QED) is 0.838. The van der Waals surface area contributed by atoms with Gasteiger partial charge in [0.2, 0.25) is 5.91 Å². The van der Waals surface area contributed by atoms with Crippen molar-refractivity contribution in [2.45, 2.75) is 45.1 Å². The van der Waals surface area contributed by atoms with Crippen LogP contribution in [0.5, 0.6) is 0 Å². The summed E-state index contributed by atoms with van der Waals surface area (Å²) in [7, 11) is 1.57. The third kappa shape index (κ3) is 4.92. The average Bonchev–Trinajstić information content (AvgIpc) is 2.85. The summed E-state index contributed by atoms with van der Waals surface area (Å²) in [5.41, 5.74) is 6.68. The van der Waals surface area contributed by atoms with Crippen LogP contribution in [0.2, 0.25) is 0 Å². The summed E-state index contributed by atoms with van der Waals surface area (Å²) in [6.45, 7) is 2.58. The Kier molecular flexibility index (Phi) is 7.59. The van der Waals surface area contributed by atoms with Crippen molar-refractivity contribution in [3.63, 3.8) is 0 Å². The Morgan fingerprint density at radius 1 is 1.62 bits per heavy atom. The minimum atomic E-state index is -0.228. The fourth-order valence-corrected chi connectivity index (χ4v) is 3.62. The Bertz CT molecular complexity index is 463. The van der Waals surface area contributed by atoms with E-state index in [2.05, 4.69) is 17.2 Å². The molecular formula is C14H24ClN3O2S. The standard InChI is InChI=1S/C14H23N3O2S.ClH/c1-3-9-4-5-11-12(6-9)20-14(16-11)17-13(18)7-10(8-15)19-2;/h9-10H,3-8,15H2,1-2H3,(H,16,17,18);1H. The SMILES string of the molecule is CCC1CCc2nc(NC(=O)CC(CN)OC)sc2C1.Cl. The van der Waals surface area contributed by atoms with Gasteiger partial charge in [-0.25, -0.2) is 4.98 Å². The Morgan fingerprint density at radius 2 is 2.38 bits per heavy atom. The molecule has 0 fully saturated rings. The van der Waals surface area contributed by atoms with Gasteiger partial charge < -0.3 is 15.8 Å². The molecule has 2 unspecified atom stereocenters. The summed E-state index contributed by atoms with van der Waals surface area (Å²) in [5, 5.41) is 3.58. The van der Waals surface area contributed by atoms with Crippen molar-refractivity contribution < 1.29 is 9.53 Å². The van der Waals surface area contributed by atoms with Gasteiger partial charge in [-0.05, 0) is 25.2 Å². The van der Waals surface area contributed by atoms with Crippen LogP contribution in [0.25, 0.3) is 0 Å². The topological polar surface area (TPSA) is 77.2 Å². The zero-order valence-electron chi connectivity index (χ0n) is 12.6. The number of nitrogens with two attached hydrogens (primary N) is 1. The first-order chi connectivity index (χ1) is 9.66. The molecule has 21 heavy (non-hydrogen) atoms. The molecule has 0 saturated carbocycles. The van der Waals surface area contributed by atoms with Crippen LogP contribution in [-0.2, 0) is 22.4 Å². The predicted molar refractivity (Wildman–Crippen MR) is 88.3 cm³/mol. The van der Waals surface area contributed by atoms with Gasteiger partial charge in [0, 0.05) is 18.5 Å². The van der Waals surface area contributed by atoms with Crippen molar-refractivity contribution in [3.8, 4) is 0 Å². The van der Waals surface area contributed by atoms with E-state index in [1.165, 1.54) is 17.7 Å². The van der Waals surface area contributed by atoms with Crippen molar-refractivity contribution >= 4 is 34.8 Å².